The third-order valence-corrected chi connectivity index (χ3v) is 4.78. The minimum atomic E-state index is -0.366. The van der Waals surface area contributed by atoms with Crippen LogP contribution in [0.1, 0.15) is 47.9 Å². The number of hydrogen-bond donors (Lipinski definition) is 0. The number of rotatable bonds is 3. The van der Waals surface area contributed by atoms with Crippen LogP contribution in [-0.4, -0.2) is 45.3 Å². The van der Waals surface area contributed by atoms with E-state index in [9.17, 15) is 4.79 Å². The Morgan fingerprint density at radius 3 is 2.88 bits per heavy atom. The number of aryl methyl sites for hydroxylation is 1. The van der Waals surface area contributed by atoms with Crippen molar-refractivity contribution >= 4 is 16.8 Å². The third kappa shape index (κ3) is 2.78. The first-order valence-electron chi connectivity index (χ1n) is 8.82. The first kappa shape index (κ1) is 16.8. The SMILES string of the molecule is CC(C)c1nnc([C@@H]2COCCN2C(=O)c2cccc3c2ccn3C)o1. The van der Waals surface area contributed by atoms with Gasteiger partial charge in [0.25, 0.3) is 5.91 Å². The van der Waals surface area contributed by atoms with Gasteiger partial charge in [0.1, 0.15) is 6.04 Å². The maximum atomic E-state index is 13.3. The van der Waals surface area contributed by atoms with Crippen molar-refractivity contribution in [3.05, 3.63) is 47.8 Å². The molecule has 2 aromatic heterocycles. The molecule has 1 amide bonds. The molecule has 136 valence electrons. The minimum Gasteiger partial charge on any atom is -0.423 e. The maximum Gasteiger partial charge on any atom is 0.255 e. The van der Waals surface area contributed by atoms with E-state index in [-0.39, 0.29) is 17.9 Å². The van der Waals surface area contributed by atoms with Crippen LogP contribution in [0.3, 0.4) is 0 Å². The molecule has 3 aromatic rings. The van der Waals surface area contributed by atoms with Crippen LogP contribution >= 0.6 is 0 Å². The highest BCUT2D eigenvalue weighted by molar-refractivity contribution is 6.06. The van der Waals surface area contributed by atoms with Gasteiger partial charge in [0.05, 0.1) is 13.2 Å². The Hall–Kier alpha value is -2.67. The smallest absolute Gasteiger partial charge is 0.255 e. The molecule has 1 aromatic carbocycles. The lowest BCUT2D eigenvalue weighted by atomic mass is 10.1. The largest absolute Gasteiger partial charge is 0.423 e. The number of fused-ring (bicyclic) bond motifs is 1. The van der Waals surface area contributed by atoms with E-state index >= 15 is 0 Å². The molecule has 1 aliphatic rings. The van der Waals surface area contributed by atoms with Crippen molar-refractivity contribution in [1.82, 2.24) is 19.7 Å². The van der Waals surface area contributed by atoms with Crippen LogP contribution in [0.15, 0.2) is 34.9 Å². The first-order valence-corrected chi connectivity index (χ1v) is 8.82. The van der Waals surface area contributed by atoms with Crippen molar-refractivity contribution < 1.29 is 13.9 Å². The van der Waals surface area contributed by atoms with E-state index in [0.29, 0.717) is 37.1 Å². The molecule has 0 spiro atoms. The maximum absolute atomic E-state index is 13.3. The van der Waals surface area contributed by atoms with Crippen LogP contribution in [0.4, 0.5) is 0 Å². The number of carbonyl (C=O) groups excluding carboxylic acids is 1. The number of nitrogens with zero attached hydrogens (tertiary/aromatic N) is 4. The number of ether oxygens (including phenoxy) is 1. The second-order valence-corrected chi connectivity index (χ2v) is 6.89. The molecule has 1 fully saturated rings. The Morgan fingerprint density at radius 2 is 2.12 bits per heavy atom. The summed E-state index contributed by atoms with van der Waals surface area (Å²) in [5.74, 6) is 1.10. The molecular weight excluding hydrogens is 332 g/mol. The number of aromatic nitrogens is 3. The van der Waals surface area contributed by atoms with Crippen molar-refractivity contribution in [3.8, 4) is 0 Å². The predicted molar refractivity (Wildman–Crippen MR) is 95.9 cm³/mol. The standard InChI is InChI=1S/C19H22N4O3/c1-12(2)17-20-21-18(26-17)16-11-25-10-9-23(16)19(24)14-5-4-6-15-13(14)7-8-22(15)3/h4-8,12,16H,9-11H2,1-3H3/t16-/m0/s1. The van der Waals surface area contributed by atoms with Crippen molar-refractivity contribution in [1.29, 1.82) is 0 Å². The zero-order valence-corrected chi connectivity index (χ0v) is 15.2. The number of amides is 1. The zero-order valence-electron chi connectivity index (χ0n) is 15.2. The lowest BCUT2D eigenvalue weighted by Crippen LogP contribution is -2.43. The molecule has 4 rings (SSSR count). The second-order valence-electron chi connectivity index (χ2n) is 6.89. The van der Waals surface area contributed by atoms with Crippen LogP contribution < -0.4 is 0 Å². The van der Waals surface area contributed by atoms with Gasteiger partial charge in [-0.2, -0.15) is 0 Å². The molecule has 0 saturated carbocycles. The average molecular weight is 354 g/mol. The van der Waals surface area contributed by atoms with Crippen molar-refractivity contribution in [3.63, 3.8) is 0 Å². The molecule has 1 saturated heterocycles. The molecule has 0 radical (unpaired) electrons. The Bertz CT molecular complexity index is 943. The number of carbonyl (C=O) groups is 1. The molecule has 3 heterocycles. The highest BCUT2D eigenvalue weighted by atomic mass is 16.5. The van der Waals surface area contributed by atoms with E-state index < -0.39 is 0 Å². The number of benzene rings is 1. The van der Waals surface area contributed by atoms with Gasteiger partial charge in [0.15, 0.2) is 0 Å². The van der Waals surface area contributed by atoms with Gasteiger partial charge in [-0.15, -0.1) is 10.2 Å². The second kappa shape index (κ2) is 6.57. The molecule has 26 heavy (non-hydrogen) atoms. The summed E-state index contributed by atoms with van der Waals surface area (Å²) in [6.07, 6.45) is 1.96. The quantitative estimate of drug-likeness (QED) is 0.723. The molecule has 1 atom stereocenters. The molecule has 7 nitrogen and oxygen atoms in total. The van der Waals surface area contributed by atoms with Gasteiger partial charge in [-0.25, -0.2) is 0 Å². The number of hydrogen-bond acceptors (Lipinski definition) is 5. The monoisotopic (exact) mass is 354 g/mol. The fraction of sp³-hybridized carbons (Fsp3) is 0.421. The van der Waals surface area contributed by atoms with Gasteiger partial charge in [-0.05, 0) is 18.2 Å². The van der Waals surface area contributed by atoms with Crippen molar-refractivity contribution in [2.75, 3.05) is 19.8 Å². The van der Waals surface area contributed by atoms with Gasteiger partial charge in [0, 0.05) is 42.2 Å². The fourth-order valence-corrected chi connectivity index (χ4v) is 3.31. The van der Waals surface area contributed by atoms with Crippen LogP contribution in [-0.2, 0) is 11.8 Å². The summed E-state index contributed by atoms with van der Waals surface area (Å²) in [6, 6.07) is 7.39. The highest BCUT2D eigenvalue weighted by Crippen LogP contribution is 2.29. The van der Waals surface area contributed by atoms with E-state index in [2.05, 4.69) is 10.2 Å². The molecule has 1 aliphatic heterocycles. The normalized spacial score (nSPS) is 18.0. The molecular formula is C19H22N4O3. The summed E-state index contributed by atoms with van der Waals surface area (Å²) < 4.78 is 13.4. The molecule has 0 aliphatic carbocycles. The van der Waals surface area contributed by atoms with Gasteiger partial charge in [0.2, 0.25) is 11.8 Å². The summed E-state index contributed by atoms with van der Waals surface area (Å²) in [7, 11) is 1.97. The summed E-state index contributed by atoms with van der Waals surface area (Å²) in [6.45, 7) is 5.34. The minimum absolute atomic E-state index is 0.0422. The van der Waals surface area contributed by atoms with Crippen LogP contribution in [0.5, 0.6) is 0 Å². The van der Waals surface area contributed by atoms with E-state index in [4.69, 9.17) is 9.15 Å². The van der Waals surface area contributed by atoms with Gasteiger partial charge < -0.3 is 18.6 Å². The van der Waals surface area contributed by atoms with Crippen molar-refractivity contribution in [2.45, 2.75) is 25.8 Å². The van der Waals surface area contributed by atoms with Crippen LogP contribution in [0.25, 0.3) is 10.9 Å². The topological polar surface area (TPSA) is 73.4 Å². The van der Waals surface area contributed by atoms with Gasteiger partial charge in [-0.3, -0.25) is 4.79 Å². The first-order chi connectivity index (χ1) is 12.6. The lowest BCUT2D eigenvalue weighted by molar-refractivity contribution is -0.0106. The molecule has 0 unspecified atom stereocenters. The Morgan fingerprint density at radius 1 is 1.27 bits per heavy atom. The summed E-state index contributed by atoms with van der Waals surface area (Å²) in [5, 5.41) is 9.20. The van der Waals surface area contributed by atoms with E-state index in [1.54, 1.807) is 4.90 Å². The van der Waals surface area contributed by atoms with Crippen LogP contribution in [0.2, 0.25) is 0 Å². The van der Waals surface area contributed by atoms with Crippen LogP contribution in [0, 0.1) is 0 Å². The Kier molecular flexibility index (Phi) is 4.24. The Balaban J connectivity index is 1.70. The molecule has 7 heteroatoms. The molecule has 0 N–H and O–H groups in total. The van der Waals surface area contributed by atoms with E-state index in [1.165, 1.54) is 0 Å². The van der Waals surface area contributed by atoms with Gasteiger partial charge in [-0.1, -0.05) is 19.9 Å². The average Bonchev–Trinajstić information content (AvgIpc) is 3.29. The fourth-order valence-electron chi connectivity index (χ4n) is 3.31. The summed E-state index contributed by atoms with van der Waals surface area (Å²) in [5.41, 5.74) is 1.71. The highest BCUT2D eigenvalue weighted by Gasteiger charge is 2.34. The lowest BCUT2D eigenvalue weighted by Gasteiger charge is -2.33. The Labute approximate surface area is 151 Å². The predicted octanol–water partition coefficient (Wildman–Crippen LogP) is 2.90. The van der Waals surface area contributed by atoms with E-state index in [1.807, 2.05) is 55.9 Å². The third-order valence-electron chi connectivity index (χ3n) is 4.78. The zero-order chi connectivity index (χ0) is 18.3. The summed E-state index contributed by atoms with van der Waals surface area (Å²) in [4.78, 5) is 15.1. The number of morpholine rings is 1. The van der Waals surface area contributed by atoms with Gasteiger partial charge >= 0.3 is 0 Å². The molecule has 0 bridgehead atoms. The van der Waals surface area contributed by atoms with Crippen molar-refractivity contribution in [2.24, 2.45) is 7.05 Å². The van der Waals surface area contributed by atoms with E-state index in [0.717, 1.165) is 10.9 Å². The summed E-state index contributed by atoms with van der Waals surface area (Å²) >= 11 is 0.